The van der Waals surface area contributed by atoms with Crippen molar-refractivity contribution in [1.82, 2.24) is 0 Å². The van der Waals surface area contributed by atoms with Crippen molar-refractivity contribution < 1.29 is 23.5 Å². The van der Waals surface area contributed by atoms with Crippen LogP contribution in [0.15, 0.2) is 73.2 Å². The van der Waals surface area contributed by atoms with Crippen LogP contribution in [0.3, 0.4) is 0 Å². The van der Waals surface area contributed by atoms with Crippen molar-refractivity contribution in [1.29, 1.82) is 0 Å². The molecular formula is C26H16O7. The zero-order valence-corrected chi connectivity index (χ0v) is 17.6. The number of phenols is 1. The summed E-state index contributed by atoms with van der Waals surface area (Å²) in [6, 6.07) is 12.0. The van der Waals surface area contributed by atoms with Gasteiger partial charge in [0.15, 0.2) is 11.6 Å². The first-order chi connectivity index (χ1) is 15.8. The van der Waals surface area contributed by atoms with Gasteiger partial charge >= 0.3 is 0 Å². The average Bonchev–Trinajstić information content (AvgIpc) is 2.78. The van der Waals surface area contributed by atoms with Crippen LogP contribution in [0.25, 0.3) is 44.0 Å². The van der Waals surface area contributed by atoms with Gasteiger partial charge < -0.3 is 13.9 Å². The highest BCUT2D eigenvalue weighted by Crippen LogP contribution is 2.35. The Morgan fingerprint density at radius 2 is 1.58 bits per heavy atom. The quantitative estimate of drug-likeness (QED) is 0.316. The lowest BCUT2D eigenvalue weighted by atomic mass is 9.88. The first-order valence-corrected chi connectivity index (χ1v) is 10.1. The third kappa shape index (κ3) is 3.05. The number of fused-ring (bicyclic) bond motifs is 3. The fourth-order valence-electron chi connectivity index (χ4n) is 4.12. The maximum absolute atomic E-state index is 13.4. The van der Waals surface area contributed by atoms with Crippen LogP contribution < -0.4 is 10.9 Å². The summed E-state index contributed by atoms with van der Waals surface area (Å²) >= 11 is 0. The molecular weight excluding hydrogens is 424 g/mol. The highest BCUT2D eigenvalue weighted by Gasteiger charge is 2.26. The molecule has 0 spiro atoms. The predicted molar refractivity (Wildman–Crippen MR) is 123 cm³/mol. The number of aromatic hydroxyl groups is 1. The lowest BCUT2D eigenvalue weighted by Gasteiger charge is -2.14. The molecule has 0 atom stereocenters. The molecule has 7 nitrogen and oxygen atoms in total. The second kappa shape index (κ2) is 7.27. The fourth-order valence-corrected chi connectivity index (χ4v) is 4.12. The minimum Gasteiger partial charge on any atom is -0.508 e. The summed E-state index contributed by atoms with van der Waals surface area (Å²) in [7, 11) is 0. The third-order valence-electron chi connectivity index (χ3n) is 5.62. The number of carbonyl (C=O) groups excluding carboxylic acids is 2. The van der Waals surface area contributed by atoms with Gasteiger partial charge in [-0.25, -0.2) is 0 Å². The summed E-state index contributed by atoms with van der Waals surface area (Å²) in [6.45, 7) is 2.55. The number of phenolic OH excluding ortho intramolecular Hbond substituents is 1. The van der Waals surface area contributed by atoms with Crippen molar-refractivity contribution in [3.05, 3.63) is 86.4 Å². The molecule has 33 heavy (non-hydrogen) atoms. The molecule has 0 aliphatic carbocycles. The predicted octanol–water partition coefficient (Wildman–Crippen LogP) is 4.83. The van der Waals surface area contributed by atoms with E-state index in [1.54, 1.807) is 24.3 Å². The Labute approximate surface area is 185 Å². The highest BCUT2D eigenvalue weighted by atomic mass is 16.3. The average molecular weight is 440 g/mol. The van der Waals surface area contributed by atoms with Gasteiger partial charge in [0, 0.05) is 11.1 Å². The van der Waals surface area contributed by atoms with Crippen molar-refractivity contribution in [2.24, 2.45) is 0 Å². The Morgan fingerprint density at radius 3 is 2.30 bits per heavy atom. The van der Waals surface area contributed by atoms with Crippen molar-refractivity contribution >= 4 is 44.5 Å². The smallest absolute Gasteiger partial charge is 0.200 e. The van der Waals surface area contributed by atoms with E-state index < -0.39 is 17.0 Å². The van der Waals surface area contributed by atoms with Crippen LogP contribution in [0.2, 0.25) is 0 Å². The molecule has 0 aliphatic heterocycles. The van der Waals surface area contributed by atoms with Gasteiger partial charge in [-0.2, -0.15) is 0 Å². The van der Waals surface area contributed by atoms with E-state index in [9.17, 15) is 24.3 Å². The van der Waals surface area contributed by atoms with E-state index in [0.717, 1.165) is 0 Å². The molecule has 0 amide bonds. The van der Waals surface area contributed by atoms with Crippen LogP contribution in [-0.2, 0) is 0 Å². The zero-order valence-electron chi connectivity index (χ0n) is 17.6. The minimum atomic E-state index is -0.542. The van der Waals surface area contributed by atoms with E-state index in [1.165, 1.54) is 44.4 Å². The lowest BCUT2D eigenvalue weighted by molar-refractivity contribution is 0.101. The molecule has 5 rings (SSSR count). The van der Waals surface area contributed by atoms with Gasteiger partial charge in [0.1, 0.15) is 28.8 Å². The van der Waals surface area contributed by atoms with Gasteiger partial charge in [-0.15, -0.1) is 0 Å². The summed E-state index contributed by atoms with van der Waals surface area (Å²) in [6.07, 6.45) is 1.17. The Morgan fingerprint density at radius 1 is 0.818 bits per heavy atom. The molecule has 0 aliphatic rings. The van der Waals surface area contributed by atoms with Crippen LogP contribution in [0.4, 0.5) is 0 Å². The third-order valence-corrected chi connectivity index (χ3v) is 5.62. The lowest BCUT2D eigenvalue weighted by Crippen LogP contribution is -2.14. The van der Waals surface area contributed by atoms with Crippen molar-refractivity contribution in [3.63, 3.8) is 0 Å². The van der Waals surface area contributed by atoms with E-state index in [1.807, 2.05) is 0 Å². The Balaban J connectivity index is 2.02. The van der Waals surface area contributed by atoms with Crippen LogP contribution in [0.1, 0.15) is 34.6 Å². The monoisotopic (exact) mass is 440 g/mol. The Kier molecular flexibility index (Phi) is 4.49. The fraction of sp³-hybridized carbons (Fsp3) is 0.0769. The molecule has 3 aromatic carbocycles. The second-order valence-corrected chi connectivity index (χ2v) is 7.75. The second-order valence-electron chi connectivity index (χ2n) is 7.75. The molecule has 7 heteroatoms. The van der Waals surface area contributed by atoms with Gasteiger partial charge in [0.2, 0.25) is 10.9 Å². The van der Waals surface area contributed by atoms with Crippen LogP contribution in [-0.4, -0.2) is 16.7 Å². The molecule has 5 aromatic rings. The summed E-state index contributed by atoms with van der Waals surface area (Å²) in [4.78, 5) is 52.0. The van der Waals surface area contributed by atoms with E-state index in [0.29, 0.717) is 5.39 Å². The zero-order chi connectivity index (χ0) is 23.4. The molecule has 1 N–H and O–H groups in total. The van der Waals surface area contributed by atoms with Crippen LogP contribution in [0, 0.1) is 0 Å². The maximum Gasteiger partial charge on any atom is 0.200 e. The number of rotatable bonds is 3. The maximum atomic E-state index is 13.4. The van der Waals surface area contributed by atoms with Gasteiger partial charge in [-0.05, 0) is 50.2 Å². The number of hydrogen-bond acceptors (Lipinski definition) is 7. The van der Waals surface area contributed by atoms with Crippen molar-refractivity contribution in [3.8, 4) is 16.9 Å². The minimum absolute atomic E-state index is 0.0124. The van der Waals surface area contributed by atoms with Gasteiger partial charge in [-0.3, -0.25) is 19.2 Å². The first-order valence-electron chi connectivity index (χ1n) is 10.1. The molecule has 162 valence electrons. The van der Waals surface area contributed by atoms with Gasteiger partial charge in [0.05, 0.1) is 27.3 Å². The van der Waals surface area contributed by atoms with Crippen molar-refractivity contribution in [2.45, 2.75) is 13.8 Å². The topological polar surface area (TPSA) is 115 Å². The normalized spacial score (nSPS) is 11.3. The van der Waals surface area contributed by atoms with Gasteiger partial charge in [0.25, 0.3) is 0 Å². The number of para-hydroxylation sites is 1. The molecule has 0 saturated carbocycles. The van der Waals surface area contributed by atoms with Crippen LogP contribution >= 0.6 is 0 Å². The van der Waals surface area contributed by atoms with Crippen LogP contribution in [0.5, 0.6) is 5.75 Å². The molecule has 0 unspecified atom stereocenters. The summed E-state index contributed by atoms with van der Waals surface area (Å²) in [5.74, 6) is -1.08. The first kappa shape index (κ1) is 20.4. The Hall–Kier alpha value is -4.52. The molecule has 0 bridgehead atoms. The molecule has 0 fully saturated rings. The standard InChI is InChI=1S/C26H16O7/c1-12(27)16-10-18-24(30)15-5-3-4-6-21(15)33-26(18)22(13(2)28)23(16)19-11-32-20-8-7-14(29)9-17(20)25(19)31/h3-11,29H,1-2H3. The van der Waals surface area contributed by atoms with E-state index in [2.05, 4.69) is 0 Å². The van der Waals surface area contributed by atoms with E-state index in [4.69, 9.17) is 8.83 Å². The van der Waals surface area contributed by atoms with Gasteiger partial charge in [-0.1, -0.05) is 12.1 Å². The summed E-state index contributed by atoms with van der Waals surface area (Å²) < 4.78 is 11.5. The number of benzene rings is 3. The van der Waals surface area contributed by atoms with E-state index >= 15 is 0 Å². The Bertz CT molecular complexity index is 1770. The number of carbonyl (C=O) groups is 2. The number of Topliss-reactive ketones (excluding diaryl/α,β-unsaturated/α-hetero) is 2. The largest absolute Gasteiger partial charge is 0.508 e. The summed E-state index contributed by atoms with van der Waals surface area (Å²) in [5.41, 5.74) is -0.515. The number of hydrogen-bond donors (Lipinski definition) is 1. The SMILES string of the molecule is CC(=O)c1cc2c(=O)c3ccccc3oc2c(C(C)=O)c1-c1coc2ccc(O)cc2c1=O. The molecule has 2 heterocycles. The highest BCUT2D eigenvalue weighted by molar-refractivity contribution is 6.17. The van der Waals surface area contributed by atoms with E-state index in [-0.39, 0.29) is 61.0 Å². The van der Waals surface area contributed by atoms with Crippen molar-refractivity contribution in [2.75, 3.05) is 0 Å². The summed E-state index contributed by atoms with van der Waals surface area (Å²) in [5, 5.41) is 10.3. The molecule has 0 saturated heterocycles. The molecule has 2 aromatic heterocycles. The number of ketones is 2. The molecule has 0 radical (unpaired) electrons.